The van der Waals surface area contributed by atoms with Gasteiger partial charge >= 0.3 is 0 Å². The van der Waals surface area contributed by atoms with E-state index in [9.17, 15) is 9.59 Å². The summed E-state index contributed by atoms with van der Waals surface area (Å²) in [4.78, 5) is 26.1. The van der Waals surface area contributed by atoms with Gasteiger partial charge in [-0.2, -0.15) is 0 Å². The first-order chi connectivity index (χ1) is 12.1. The summed E-state index contributed by atoms with van der Waals surface area (Å²) >= 11 is 6.28. The zero-order valence-electron chi connectivity index (χ0n) is 14.3. The Kier molecular flexibility index (Phi) is 5.68. The van der Waals surface area contributed by atoms with Crippen LogP contribution in [0.1, 0.15) is 24.8 Å². The number of carbonyl (C=O) groups is 2. The Balaban J connectivity index is 1.63. The average molecular weight is 367 g/mol. The molecule has 7 heteroatoms. The number of halogens is 1. The molecule has 0 radical (unpaired) electrons. The quantitative estimate of drug-likeness (QED) is 0.888. The Morgan fingerprint density at radius 1 is 1.24 bits per heavy atom. The number of hydrogen-bond acceptors (Lipinski definition) is 4. The molecule has 2 heterocycles. The van der Waals surface area contributed by atoms with Crippen LogP contribution in [0.4, 0.5) is 0 Å². The summed E-state index contributed by atoms with van der Waals surface area (Å²) in [6.07, 6.45) is 2.47. The standard InChI is InChI=1S/C18H23ClN2O4/c1-20-18(23)13-3-5-21(6-4-13)16(22)11-12-9-14(19)17-15(10-12)24-7-2-8-25-17/h9-10,13H,2-8,11H2,1H3,(H,20,23). The Labute approximate surface area is 152 Å². The second kappa shape index (κ2) is 7.95. The molecule has 2 aliphatic rings. The normalized spacial score (nSPS) is 17.8. The van der Waals surface area contributed by atoms with Crippen LogP contribution in [0.2, 0.25) is 5.02 Å². The van der Waals surface area contributed by atoms with Gasteiger partial charge in [-0.3, -0.25) is 9.59 Å². The molecule has 0 aromatic heterocycles. The largest absolute Gasteiger partial charge is 0.489 e. The number of hydrogen-bond donors (Lipinski definition) is 1. The molecule has 2 amide bonds. The monoisotopic (exact) mass is 366 g/mol. The molecule has 0 saturated carbocycles. The zero-order valence-corrected chi connectivity index (χ0v) is 15.1. The summed E-state index contributed by atoms with van der Waals surface area (Å²) in [5, 5.41) is 3.15. The van der Waals surface area contributed by atoms with Crippen molar-refractivity contribution in [3.05, 3.63) is 22.7 Å². The minimum atomic E-state index is 0.00142. The second-order valence-corrected chi connectivity index (χ2v) is 6.81. The second-order valence-electron chi connectivity index (χ2n) is 6.40. The lowest BCUT2D eigenvalue weighted by molar-refractivity contribution is -0.134. The molecule has 1 aromatic carbocycles. The van der Waals surface area contributed by atoms with Crippen molar-refractivity contribution < 1.29 is 19.1 Å². The summed E-state index contributed by atoms with van der Waals surface area (Å²) in [7, 11) is 1.65. The SMILES string of the molecule is CNC(=O)C1CCN(C(=O)Cc2cc(Cl)c3c(c2)OCCCO3)CC1. The first-order valence-electron chi connectivity index (χ1n) is 8.66. The number of nitrogens with zero attached hydrogens (tertiary/aromatic N) is 1. The summed E-state index contributed by atoms with van der Waals surface area (Å²) in [6.45, 7) is 2.36. The molecular weight excluding hydrogens is 344 g/mol. The highest BCUT2D eigenvalue weighted by molar-refractivity contribution is 6.32. The molecular formula is C18H23ClN2O4. The van der Waals surface area contributed by atoms with Crippen LogP contribution < -0.4 is 14.8 Å². The van der Waals surface area contributed by atoms with Crippen LogP contribution >= 0.6 is 11.6 Å². The molecule has 6 nitrogen and oxygen atoms in total. The highest BCUT2D eigenvalue weighted by atomic mass is 35.5. The highest BCUT2D eigenvalue weighted by Gasteiger charge is 2.27. The zero-order chi connectivity index (χ0) is 17.8. The fourth-order valence-corrected chi connectivity index (χ4v) is 3.56. The topological polar surface area (TPSA) is 67.9 Å². The van der Waals surface area contributed by atoms with Gasteiger partial charge in [-0.15, -0.1) is 0 Å². The van der Waals surface area contributed by atoms with Crippen LogP contribution in [0.3, 0.4) is 0 Å². The van der Waals surface area contributed by atoms with E-state index in [2.05, 4.69) is 5.32 Å². The maximum atomic E-state index is 12.6. The fourth-order valence-electron chi connectivity index (χ4n) is 3.27. The van der Waals surface area contributed by atoms with E-state index in [4.69, 9.17) is 21.1 Å². The fraction of sp³-hybridized carbons (Fsp3) is 0.556. The molecule has 136 valence electrons. The number of fused-ring (bicyclic) bond motifs is 1. The van der Waals surface area contributed by atoms with Crippen molar-refractivity contribution in [2.24, 2.45) is 5.92 Å². The van der Waals surface area contributed by atoms with E-state index < -0.39 is 0 Å². The number of likely N-dealkylation sites (tertiary alicyclic amines) is 1. The van der Waals surface area contributed by atoms with Gasteiger partial charge in [0.1, 0.15) is 0 Å². The lowest BCUT2D eigenvalue weighted by Crippen LogP contribution is -2.42. The van der Waals surface area contributed by atoms with E-state index >= 15 is 0 Å². The molecule has 3 rings (SSSR count). The molecule has 2 aliphatic heterocycles. The van der Waals surface area contributed by atoms with E-state index in [0.717, 1.165) is 12.0 Å². The minimum absolute atomic E-state index is 0.00142. The van der Waals surface area contributed by atoms with E-state index in [1.54, 1.807) is 13.1 Å². The summed E-state index contributed by atoms with van der Waals surface area (Å²) in [5.74, 6) is 1.26. The van der Waals surface area contributed by atoms with Crippen LogP contribution in [0.15, 0.2) is 12.1 Å². The maximum Gasteiger partial charge on any atom is 0.226 e. The predicted molar refractivity (Wildman–Crippen MR) is 94.1 cm³/mol. The minimum Gasteiger partial charge on any atom is -0.489 e. The Morgan fingerprint density at radius 2 is 1.96 bits per heavy atom. The van der Waals surface area contributed by atoms with Gasteiger partial charge < -0.3 is 19.7 Å². The Hall–Kier alpha value is -1.95. The highest BCUT2D eigenvalue weighted by Crippen LogP contribution is 2.38. The summed E-state index contributed by atoms with van der Waals surface area (Å²) < 4.78 is 11.3. The molecule has 1 aromatic rings. The smallest absolute Gasteiger partial charge is 0.226 e. The van der Waals surface area contributed by atoms with E-state index in [0.29, 0.717) is 55.7 Å². The van der Waals surface area contributed by atoms with Gasteiger partial charge in [0, 0.05) is 32.5 Å². The van der Waals surface area contributed by atoms with Gasteiger partial charge in [-0.1, -0.05) is 11.6 Å². The predicted octanol–water partition coefficient (Wildman–Crippen LogP) is 2.03. The van der Waals surface area contributed by atoms with Crippen molar-refractivity contribution in [1.29, 1.82) is 0 Å². The lowest BCUT2D eigenvalue weighted by atomic mass is 9.95. The Bertz CT molecular complexity index is 657. The van der Waals surface area contributed by atoms with E-state index in [1.165, 1.54) is 0 Å². The number of rotatable bonds is 3. The maximum absolute atomic E-state index is 12.6. The third-order valence-electron chi connectivity index (χ3n) is 4.68. The molecule has 25 heavy (non-hydrogen) atoms. The number of benzene rings is 1. The van der Waals surface area contributed by atoms with Crippen molar-refractivity contribution in [3.63, 3.8) is 0 Å². The number of amides is 2. The van der Waals surface area contributed by atoms with E-state index in [1.807, 2.05) is 11.0 Å². The molecule has 1 saturated heterocycles. The molecule has 1 fully saturated rings. The van der Waals surface area contributed by atoms with Gasteiger partial charge in [-0.05, 0) is 30.5 Å². The molecule has 0 spiro atoms. The molecule has 0 atom stereocenters. The van der Waals surface area contributed by atoms with Crippen LogP contribution in [0.25, 0.3) is 0 Å². The Morgan fingerprint density at radius 3 is 2.68 bits per heavy atom. The average Bonchev–Trinajstić information content (AvgIpc) is 2.87. The van der Waals surface area contributed by atoms with Gasteiger partial charge in [0.25, 0.3) is 0 Å². The number of nitrogens with one attached hydrogen (secondary N) is 1. The van der Waals surface area contributed by atoms with Crippen LogP contribution in [-0.2, 0) is 16.0 Å². The first-order valence-corrected chi connectivity index (χ1v) is 9.03. The third-order valence-corrected chi connectivity index (χ3v) is 4.96. The van der Waals surface area contributed by atoms with Crippen LogP contribution in [-0.4, -0.2) is 50.1 Å². The summed E-state index contributed by atoms with van der Waals surface area (Å²) in [6, 6.07) is 3.60. The van der Waals surface area contributed by atoms with Crippen LogP contribution in [0, 0.1) is 5.92 Å². The van der Waals surface area contributed by atoms with Gasteiger partial charge in [0.15, 0.2) is 11.5 Å². The van der Waals surface area contributed by atoms with Crippen molar-refractivity contribution in [2.45, 2.75) is 25.7 Å². The molecule has 0 aliphatic carbocycles. The van der Waals surface area contributed by atoms with Crippen molar-refractivity contribution in [1.82, 2.24) is 10.2 Å². The lowest BCUT2D eigenvalue weighted by Gasteiger charge is -2.31. The molecule has 0 unspecified atom stereocenters. The van der Waals surface area contributed by atoms with Gasteiger partial charge in [-0.25, -0.2) is 0 Å². The van der Waals surface area contributed by atoms with Crippen molar-refractivity contribution >= 4 is 23.4 Å². The third kappa shape index (κ3) is 4.18. The van der Waals surface area contributed by atoms with Gasteiger partial charge in [0.2, 0.25) is 11.8 Å². The first kappa shape index (κ1) is 17.9. The van der Waals surface area contributed by atoms with Crippen molar-refractivity contribution in [3.8, 4) is 11.5 Å². The summed E-state index contributed by atoms with van der Waals surface area (Å²) in [5.41, 5.74) is 0.813. The number of carbonyl (C=O) groups excluding carboxylic acids is 2. The van der Waals surface area contributed by atoms with E-state index in [-0.39, 0.29) is 24.2 Å². The van der Waals surface area contributed by atoms with Gasteiger partial charge in [0.05, 0.1) is 24.7 Å². The number of piperidine rings is 1. The van der Waals surface area contributed by atoms with Crippen molar-refractivity contribution in [2.75, 3.05) is 33.4 Å². The number of ether oxygens (including phenoxy) is 2. The molecule has 0 bridgehead atoms. The van der Waals surface area contributed by atoms with Crippen LogP contribution in [0.5, 0.6) is 11.5 Å². The molecule has 1 N–H and O–H groups in total.